The van der Waals surface area contributed by atoms with Crippen molar-refractivity contribution in [3.8, 4) is 11.5 Å². The van der Waals surface area contributed by atoms with E-state index in [1.807, 2.05) is 0 Å². The highest BCUT2D eigenvalue weighted by Gasteiger charge is 2.23. The summed E-state index contributed by atoms with van der Waals surface area (Å²) in [7, 11) is 0. The van der Waals surface area contributed by atoms with Crippen LogP contribution in [0.2, 0.25) is 0 Å². The summed E-state index contributed by atoms with van der Waals surface area (Å²) in [6.07, 6.45) is 5.24. The number of nitrogens with two attached hydrogens (primary N) is 1. The molecule has 0 amide bonds. The van der Waals surface area contributed by atoms with E-state index in [4.69, 9.17) is 15.2 Å². The average molecular weight is 294 g/mol. The lowest BCUT2D eigenvalue weighted by Crippen LogP contribution is -2.37. The van der Waals surface area contributed by atoms with Crippen LogP contribution in [0.1, 0.15) is 39.0 Å². The smallest absolute Gasteiger partial charge is 0.311 e. The first-order chi connectivity index (χ1) is 10.1. The minimum Gasteiger partial charge on any atom is -0.489 e. The van der Waals surface area contributed by atoms with Crippen molar-refractivity contribution in [1.82, 2.24) is 0 Å². The van der Waals surface area contributed by atoms with Crippen molar-refractivity contribution in [2.75, 3.05) is 6.61 Å². The Kier molecular flexibility index (Phi) is 5.38. The SMILES string of the molecule is CCOc1cc(OC2CCCCCC2N)ccc1[N+](=O)[O-]. The minimum absolute atomic E-state index is 0.0123. The zero-order chi connectivity index (χ0) is 15.2. The maximum atomic E-state index is 11.0. The summed E-state index contributed by atoms with van der Waals surface area (Å²) >= 11 is 0. The van der Waals surface area contributed by atoms with E-state index in [9.17, 15) is 10.1 Å². The van der Waals surface area contributed by atoms with E-state index in [1.54, 1.807) is 19.1 Å². The fourth-order valence-corrected chi connectivity index (χ4v) is 2.61. The lowest BCUT2D eigenvalue weighted by atomic mass is 10.1. The molecule has 1 aromatic carbocycles. The second-order valence-corrected chi connectivity index (χ2v) is 5.28. The number of rotatable bonds is 5. The van der Waals surface area contributed by atoms with Gasteiger partial charge in [-0.05, 0) is 32.3 Å². The standard InChI is InChI=1S/C15H22N2O4/c1-2-20-15-10-11(8-9-13(15)17(18)19)21-14-7-5-3-4-6-12(14)16/h8-10,12,14H,2-7,16H2,1H3. The second-order valence-electron chi connectivity index (χ2n) is 5.28. The van der Waals surface area contributed by atoms with Gasteiger partial charge in [-0.3, -0.25) is 10.1 Å². The molecule has 1 aliphatic rings. The molecule has 21 heavy (non-hydrogen) atoms. The van der Waals surface area contributed by atoms with E-state index in [0.29, 0.717) is 12.4 Å². The van der Waals surface area contributed by atoms with Gasteiger partial charge in [0.25, 0.3) is 0 Å². The van der Waals surface area contributed by atoms with E-state index in [-0.39, 0.29) is 23.6 Å². The molecule has 1 saturated carbocycles. The average Bonchev–Trinajstić information content (AvgIpc) is 2.64. The molecule has 2 unspecified atom stereocenters. The van der Waals surface area contributed by atoms with Gasteiger partial charge in [0.2, 0.25) is 5.75 Å². The van der Waals surface area contributed by atoms with Crippen LogP contribution in [0, 0.1) is 10.1 Å². The maximum Gasteiger partial charge on any atom is 0.311 e. The Morgan fingerprint density at radius 1 is 1.33 bits per heavy atom. The summed E-state index contributed by atoms with van der Waals surface area (Å²) in [5, 5.41) is 11.0. The zero-order valence-electron chi connectivity index (χ0n) is 12.3. The van der Waals surface area contributed by atoms with E-state index in [0.717, 1.165) is 25.7 Å². The van der Waals surface area contributed by atoms with Gasteiger partial charge < -0.3 is 15.2 Å². The molecule has 116 valence electrons. The van der Waals surface area contributed by atoms with Gasteiger partial charge in [0, 0.05) is 18.2 Å². The third-order valence-corrected chi connectivity index (χ3v) is 3.72. The fraction of sp³-hybridized carbons (Fsp3) is 0.600. The van der Waals surface area contributed by atoms with E-state index < -0.39 is 4.92 Å². The molecule has 2 rings (SSSR count). The molecular formula is C15H22N2O4. The molecule has 0 bridgehead atoms. The lowest BCUT2D eigenvalue weighted by Gasteiger charge is -2.23. The van der Waals surface area contributed by atoms with Crippen molar-refractivity contribution in [1.29, 1.82) is 0 Å². The monoisotopic (exact) mass is 294 g/mol. The van der Waals surface area contributed by atoms with Crippen molar-refractivity contribution in [2.45, 2.75) is 51.2 Å². The van der Waals surface area contributed by atoms with Gasteiger partial charge in [0.1, 0.15) is 11.9 Å². The normalized spacial score (nSPS) is 22.4. The van der Waals surface area contributed by atoms with Crippen LogP contribution in [0.4, 0.5) is 5.69 Å². The quantitative estimate of drug-likeness (QED) is 0.512. The highest BCUT2D eigenvalue weighted by atomic mass is 16.6. The Morgan fingerprint density at radius 3 is 2.81 bits per heavy atom. The Balaban J connectivity index is 2.15. The Hall–Kier alpha value is -1.82. The minimum atomic E-state index is -0.452. The van der Waals surface area contributed by atoms with Gasteiger partial charge in [-0.15, -0.1) is 0 Å². The first kappa shape index (κ1) is 15.6. The molecule has 1 fully saturated rings. The molecule has 1 aromatic rings. The number of hydrogen-bond acceptors (Lipinski definition) is 5. The molecule has 0 heterocycles. The van der Waals surface area contributed by atoms with Crippen molar-refractivity contribution in [3.63, 3.8) is 0 Å². The van der Waals surface area contributed by atoms with Gasteiger partial charge in [0.15, 0.2) is 0 Å². The third-order valence-electron chi connectivity index (χ3n) is 3.72. The number of nitrogens with zero attached hydrogens (tertiary/aromatic N) is 1. The Labute approximate surface area is 124 Å². The summed E-state index contributed by atoms with van der Waals surface area (Å²) in [5.74, 6) is 0.814. The molecular weight excluding hydrogens is 272 g/mol. The van der Waals surface area contributed by atoms with Gasteiger partial charge in [0.05, 0.1) is 11.5 Å². The summed E-state index contributed by atoms with van der Waals surface area (Å²) in [6.45, 7) is 2.16. The highest BCUT2D eigenvalue weighted by molar-refractivity contribution is 5.50. The van der Waals surface area contributed by atoms with Crippen LogP contribution in [0.15, 0.2) is 18.2 Å². The van der Waals surface area contributed by atoms with Crippen LogP contribution in [0.3, 0.4) is 0 Å². The number of nitro groups is 1. The largest absolute Gasteiger partial charge is 0.489 e. The molecule has 0 radical (unpaired) electrons. The molecule has 0 saturated heterocycles. The first-order valence-corrected chi connectivity index (χ1v) is 7.45. The van der Waals surface area contributed by atoms with Crippen LogP contribution in [0.5, 0.6) is 11.5 Å². The lowest BCUT2D eigenvalue weighted by molar-refractivity contribution is -0.385. The van der Waals surface area contributed by atoms with Gasteiger partial charge in [-0.1, -0.05) is 12.8 Å². The topological polar surface area (TPSA) is 87.6 Å². The maximum absolute atomic E-state index is 11.0. The summed E-state index contributed by atoms with van der Waals surface area (Å²) in [6, 6.07) is 4.62. The van der Waals surface area contributed by atoms with Crippen molar-refractivity contribution in [2.24, 2.45) is 5.73 Å². The van der Waals surface area contributed by atoms with Gasteiger partial charge in [-0.25, -0.2) is 0 Å². The molecule has 6 nitrogen and oxygen atoms in total. The predicted octanol–water partition coefficient (Wildman–Crippen LogP) is 3.03. The fourth-order valence-electron chi connectivity index (χ4n) is 2.61. The summed E-state index contributed by atoms with van der Waals surface area (Å²) < 4.78 is 11.3. The molecule has 0 aliphatic heterocycles. The van der Waals surface area contributed by atoms with Crippen LogP contribution in [0.25, 0.3) is 0 Å². The molecule has 0 spiro atoms. The van der Waals surface area contributed by atoms with E-state index >= 15 is 0 Å². The van der Waals surface area contributed by atoms with Crippen LogP contribution in [-0.2, 0) is 0 Å². The molecule has 6 heteroatoms. The number of ether oxygens (including phenoxy) is 2. The number of nitro benzene ring substituents is 1. The molecule has 2 atom stereocenters. The van der Waals surface area contributed by atoms with E-state index in [1.165, 1.54) is 12.5 Å². The Morgan fingerprint density at radius 2 is 2.10 bits per heavy atom. The highest BCUT2D eigenvalue weighted by Crippen LogP contribution is 2.32. The van der Waals surface area contributed by atoms with E-state index in [2.05, 4.69) is 0 Å². The van der Waals surface area contributed by atoms with Gasteiger partial charge in [-0.2, -0.15) is 0 Å². The van der Waals surface area contributed by atoms with Crippen molar-refractivity contribution >= 4 is 5.69 Å². The predicted molar refractivity (Wildman–Crippen MR) is 79.7 cm³/mol. The number of benzene rings is 1. The van der Waals surface area contributed by atoms with Crippen LogP contribution >= 0.6 is 0 Å². The third kappa shape index (κ3) is 4.07. The zero-order valence-corrected chi connectivity index (χ0v) is 12.3. The molecule has 1 aliphatic carbocycles. The second kappa shape index (κ2) is 7.26. The molecule has 0 aromatic heterocycles. The summed E-state index contributed by atoms with van der Waals surface area (Å²) in [4.78, 5) is 10.5. The summed E-state index contributed by atoms with van der Waals surface area (Å²) in [5.41, 5.74) is 6.09. The van der Waals surface area contributed by atoms with Crippen molar-refractivity contribution in [3.05, 3.63) is 28.3 Å². The van der Waals surface area contributed by atoms with Crippen LogP contribution in [-0.4, -0.2) is 23.7 Å². The molecule has 2 N–H and O–H groups in total. The van der Waals surface area contributed by atoms with Crippen LogP contribution < -0.4 is 15.2 Å². The number of hydrogen-bond donors (Lipinski definition) is 1. The van der Waals surface area contributed by atoms with Gasteiger partial charge >= 0.3 is 5.69 Å². The van der Waals surface area contributed by atoms with Crippen molar-refractivity contribution < 1.29 is 14.4 Å². The Bertz CT molecular complexity index is 493. The first-order valence-electron chi connectivity index (χ1n) is 7.45.